The number of aromatic nitrogens is 4. The quantitative estimate of drug-likeness (QED) is 0.675. The van der Waals surface area contributed by atoms with Crippen molar-refractivity contribution in [3.8, 4) is 11.4 Å². The number of hydrogen-bond donors (Lipinski definition) is 0. The molecule has 0 N–H and O–H groups in total. The van der Waals surface area contributed by atoms with Crippen LogP contribution in [0.25, 0.3) is 22.6 Å². The minimum absolute atomic E-state index is 0.267. The Labute approximate surface area is 126 Å². The number of imidazole rings is 1. The summed E-state index contributed by atoms with van der Waals surface area (Å²) >= 11 is 6.01. The van der Waals surface area contributed by atoms with Gasteiger partial charge in [0.1, 0.15) is 17.7 Å². The van der Waals surface area contributed by atoms with Crippen LogP contribution in [0.3, 0.4) is 0 Å². The first-order valence-electron chi connectivity index (χ1n) is 6.01. The number of rotatable bonds is 2. The minimum Gasteiger partial charge on any atom is -0.312 e. The second kappa shape index (κ2) is 4.78. The summed E-state index contributed by atoms with van der Waals surface area (Å²) in [5.41, 5.74) is 1.92. The van der Waals surface area contributed by atoms with Gasteiger partial charge in [-0.25, -0.2) is 23.4 Å². The zero-order chi connectivity index (χ0) is 15.2. The maximum absolute atomic E-state index is 11.5. The smallest absolute Gasteiger partial charge is 0.175 e. The van der Waals surface area contributed by atoms with Gasteiger partial charge in [-0.15, -0.1) is 0 Å². The van der Waals surface area contributed by atoms with Crippen LogP contribution in [-0.2, 0) is 16.9 Å². The maximum Gasteiger partial charge on any atom is 0.175 e. The van der Waals surface area contributed by atoms with Gasteiger partial charge < -0.3 is 4.57 Å². The van der Waals surface area contributed by atoms with E-state index in [4.69, 9.17) is 11.6 Å². The van der Waals surface area contributed by atoms with E-state index in [1.165, 1.54) is 12.6 Å². The zero-order valence-corrected chi connectivity index (χ0v) is 12.9. The van der Waals surface area contributed by atoms with Gasteiger partial charge in [-0.2, -0.15) is 0 Å². The van der Waals surface area contributed by atoms with Crippen LogP contribution in [0.4, 0.5) is 0 Å². The van der Waals surface area contributed by atoms with Crippen molar-refractivity contribution in [3.05, 3.63) is 35.7 Å². The topological polar surface area (TPSA) is 77.7 Å². The van der Waals surface area contributed by atoms with Gasteiger partial charge in [-0.1, -0.05) is 11.6 Å². The van der Waals surface area contributed by atoms with E-state index in [0.29, 0.717) is 17.0 Å². The molecule has 8 heteroatoms. The lowest BCUT2D eigenvalue weighted by Gasteiger charge is -2.03. The molecule has 0 aliphatic rings. The van der Waals surface area contributed by atoms with E-state index in [2.05, 4.69) is 15.0 Å². The Morgan fingerprint density at radius 3 is 2.38 bits per heavy atom. The molecule has 0 amide bonds. The highest BCUT2D eigenvalue weighted by molar-refractivity contribution is 7.90. The SMILES string of the molecule is Cn1c(-c2ccc(S(C)(=O)=O)cc2)nc2c(Cl)ncnc21. The molecule has 0 atom stereocenters. The molecule has 21 heavy (non-hydrogen) atoms. The lowest BCUT2D eigenvalue weighted by molar-refractivity contribution is 0.602. The monoisotopic (exact) mass is 322 g/mol. The third-order valence-electron chi connectivity index (χ3n) is 3.15. The first-order chi connectivity index (χ1) is 9.88. The number of nitrogens with zero attached hydrogens (tertiary/aromatic N) is 4. The molecule has 0 aliphatic heterocycles. The summed E-state index contributed by atoms with van der Waals surface area (Å²) in [4.78, 5) is 12.8. The van der Waals surface area contributed by atoms with Gasteiger partial charge in [0.25, 0.3) is 0 Å². The Morgan fingerprint density at radius 2 is 1.81 bits per heavy atom. The summed E-state index contributed by atoms with van der Waals surface area (Å²) < 4.78 is 24.7. The molecule has 2 aromatic heterocycles. The highest BCUT2D eigenvalue weighted by Crippen LogP contribution is 2.26. The van der Waals surface area contributed by atoms with E-state index in [0.717, 1.165) is 5.56 Å². The van der Waals surface area contributed by atoms with Gasteiger partial charge in [0.2, 0.25) is 0 Å². The van der Waals surface area contributed by atoms with Crippen molar-refractivity contribution in [1.82, 2.24) is 19.5 Å². The summed E-state index contributed by atoms with van der Waals surface area (Å²) in [5.74, 6) is 0.646. The van der Waals surface area contributed by atoms with Crippen molar-refractivity contribution in [2.45, 2.75) is 4.90 Å². The fourth-order valence-corrected chi connectivity index (χ4v) is 2.88. The molecule has 0 radical (unpaired) electrons. The van der Waals surface area contributed by atoms with E-state index in [1.54, 1.807) is 28.8 Å². The lowest BCUT2D eigenvalue weighted by Crippen LogP contribution is -1.98. The van der Waals surface area contributed by atoms with Crippen molar-refractivity contribution in [2.24, 2.45) is 7.05 Å². The second-order valence-electron chi connectivity index (χ2n) is 4.63. The van der Waals surface area contributed by atoms with Gasteiger partial charge in [0, 0.05) is 18.9 Å². The van der Waals surface area contributed by atoms with Crippen LogP contribution >= 0.6 is 11.6 Å². The average molecular weight is 323 g/mol. The van der Waals surface area contributed by atoms with E-state index >= 15 is 0 Å². The van der Waals surface area contributed by atoms with Crippen LogP contribution in [0, 0.1) is 0 Å². The van der Waals surface area contributed by atoms with Crippen LogP contribution < -0.4 is 0 Å². The predicted molar refractivity (Wildman–Crippen MR) is 79.9 cm³/mol. The Balaban J connectivity index is 2.17. The van der Waals surface area contributed by atoms with E-state index in [1.807, 2.05) is 7.05 Å². The van der Waals surface area contributed by atoms with Crippen molar-refractivity contribution < 1.29 is 8.42 Å². The fourth-order valence-electron chi connectivity index (χ4n) is 2.08. The van der Waals surface area contributed by atoms with Gasteiger partial charge in [0.15, 0.2) is 20.6 Å². The molecular weight excluding hydrogens is 312 g/mol. The van der Waals surface area contributed by atoms with E-state index in [-0.39, 0.29) is 10.0 Å². The Kier molecular flexibility index (Phi) is 3.18. The molecule has 0 saturated carbocycles. The molecule has 3 rings (SSSR count). The molecule has 1 aromatic carbocycles. The third-order valence-corrected chi connectivity index (χ3v) is 4.56. The number of aryl methyl sites for hydroxylation is 1. The fraction of sp³-hybridized carbons (Fsp3) is 0.154. The van der Waals surface area contributed by atoms with Crippen molar-refractivity contribution >= 4 is 32.6 Å². The van der Waals surface area contributed by atoms with Crippen molar-refractivity contribution in [2.75, 3.05) is 6.26 Å². The lowest BCUT2D eigenvalue weighted by atomic mass is 10.2. The number of sulfone groups is 1. The first kappa shape index (κ1) is 14.0. The number of hydrogen-bond acceptors (Lipinski definition) is 5. The second-order valence-corrected chi connectivity index (χ2v) is 7.00. The molecule has 0 unspecified atom stereocenters. The van der Waals surface area contributed by atoms with Crippen LogP contribution in [0.1, 0.15) is 0 Å². The standard InChI is InChI=1S/C13H11ClN4O2S/c1-18-12(17-10-11(14)15-7-16-13(10)18)8-3-5-9(6-4-8)21(2,19)20/h3-7H,1-2H3. The normalized spacial score (nSPS) is 12.0. The number of fused-ring (bicyclic) bond motifs is 1. The van der Waals surface area contributed by atoms with Gasteiger partial charge >= 0.3 is 0 Å². The highest BCUT2D eigenvalue weighted by Gasteiger charge is 2.14. The molecule has 2 heterocycles. The number of halogens is 1. The predicted octanol–water partition coefficient (Wildman–Crippen LogP) is 2.09. The van der Waals surface area contributed by atoms with Gasteiger partial charge in [-0.3, -0.25) is 0 Å². The van der Waals surface area contributed by atoms with Crippen LogP contribution in [-0.4, -0.2) is 34.2 Å². The molecule has 0 fully saturated rings. The average Bonchev–Trinajstić information content (AvgIpc) is 2.77. The molecule has 0 saturated heterocycles. The summed E-state index contributed by atoms with van der Waals surface area (Å²) in [5, 5.41) is 0.287. The maximum atomic E-state index is 11.5. The summed E-state index contributed by atoms with van der Waals surface area (Å²) in [6.45, 7) is 0. The molecule has 108 valence electrons. The summed E-state index contributed by atoms with van der Waals surface area (Å²) in [6.07, 6.45) is 2.55. The van der Waals surface area contributed by atoms with E-state index < -0.39 is 9.84 Å². The molecule has 6 nitrogen and oxygen atoms in total. The highest BCUT2D eigenvalue weighted by atomic mass is 35.5. The molecule has 0 bridgehead atoms. The summed E-state index contributed by atoms with van der Waals surface area (Å²) in [6, 6.07) is 6.52. The van der Waals surface area contributed by atoms with Gasteiger partial charge in [0.05, 0.1) is 4.90 Å². The minimum atomic E-state index is -3.21. The van der Waals surface area contributed by atoms with Crippen molar-refractivity contribution in [1.29, 1.82) is 0 Å². The summed E-state index contributed by atoms with van der Waals surface area (Å²) in [7, 11) is -1.40. The number of benzene rings is 1. The molecule has 3 aromatic rings. The first-order valence-corrected chi connectivity index (χ1v) is 8.28. The van der Waals surface area contributed by atoms with E-state index in [9.17, 15) is 8.42 Å². The Hall–Kier alpha value is -1.99. The third kappa shape index (κ3) is 2.38. The Morgan fingerprint density at radius 1 is 1.14 bits per heavy atom. The largest absolute Gasteiger partial charge is 0.312 e. The molecule has 0 spiro atoms. The Bertz CT molecular complexity index is 933. The molecular formula is C13H11ClN4O2S. The van der Waals surface area contributed by atoms with Crippen LogP contribution in [0.15, 0.2) is 35.5 Å². The van der Waals surface area contributed by atoms with Gasteiger partial charge in [-0.05, 0) is 24.3 Å². The van der Waals surface area contributed by atoms with Crippen molar-refractivity contribution in [3.63, 3.8) is 0 Å². The van der Waals surface area contributed by atoms with Crippen LogP contribution in [0.2, 0.25) is 5.15 Å². The molecule has 0 aliphatic carbocycles. The zero-order valence-electron chi connectivity index (χ0n) is 11.3. The van der Waals surface area contributed by atoms with Crippen LogP contribution in [0.5, 0.6) is 0 Å².